The zero-order chi connectivity index (χ0) is 19.3. The summed E-state index contributed by atoms with van der Waals surface area (Å²) in [6.07, 6.45) is -0.528. The molecule has 2 heterocycles. The van der Waals surface area contributed by atoms with Gasteiger partial charge in [0.25, 0.3) is 0 Å². The minimum Gasteiger partial charge on any atom is -0.444 e. The van der Waals surface area contributed by atoms with E-state index in [1.807, 2.05) is 0 Å². The molecule has 1 aliphatic rings. The molecule has 1 amide bonds. The Bertz CT molecular complexity index is 990. The normalized spacial score (nSPS) is 14.7. The molecule has 1 aromatic carbocycles. The average molecular weight is 398 g/mol. The molecule has 1 aromatic heterocycles. The van der Waals surface area contributed by atoms with Crippen LogP contribution in [-0.2, 0) is 21.1 Å². The third-order valence-electron chi connectivity index (χ3n) is 3.90. The van der Waals surface area contributed by atoms with Crippen LogP contribution in [0.5, 0.6) is 0 Å². The first-order chi connectivity index (χ1) is 12.0. The highest BCUT2D eigenvalue weighted by Crippen LogP contribution is 2.46. The lowest BCUT2D eigenvalue weighted by atomic mass is 10.1. The minimum absolute atomic E-state index is 0.112. The number of ether oxygens (including phenoxy) is 1. The molecule has 140 valence electrons. The lowest BCUT2D eigenvalue weighted by Gasteiger charge is -2.19. The number of aromatic nitrogens is 2. The number of sulfone groups is 1. The molecular weight excluding hydrogens is 378 g/mol. The topological polar surface area (TPSA) is 90.3 Å². The first-order valence-corrected chi connectivity index (χ1v) is 9.97. The predicted molar refractivity (Wildman–Crippen MR) is 97.1 cm³/mol. The van der Waals surface area contributed by atoms with Crippen molar-refractivity contribution in [1.82, 2.24) is 15.1 Å². The molecule has 1 N–H and O–H groups in total. The van der Waals surface area contributed by atoms with E-state index >= 15 is 0 Å². The van der Waals surface area contributed by atoms with Gasteiger partial charge in [0.1, 0.15) is 16.2 Å². The second-order valence-corrected chi connectivity index (χ2v) is 9.27. The summed E-state index contributed by atoms with van der Waals surface area (Å²) in [7, 11) is -3.70. The molecular formula is C17H20ClN3O4S. The van der Waals surface area contributed by atoms with Crippen molar-refractivity contribution in [2.24, 2.45) is 0 Å². The van der Waals surface area contributed by atoms with E-state index in [-0.39, 0.29) is 21.4 Å². The van der Waals surface area contributed by atoms with Gasteiger partial charge in [0.15, 0.2) is 0 Å². The smallest absolute Gasteiger partial charge is 0.407 e. The van der Waals surface area contributed by atoms with Crippen LogP contribution in [0.1, 0.15) is 26.5 Å². The number of amides is 1. The van der Waals surface area contributed by atoms with Crippen molar-refractivity contribution in [3.63, 3.8) is 0 Å². The van der Waals surface area contributed by atoms with Gasteiger partial charge in [-0.1, -0.05) is 23.7 Å². The number of nitrogens with one attached hydrogen (secondary N) is 1. The van der Waals surface area contributed by atoms with Crippen LogP contribution in [0.15, 0.2) is 28.0 Å². The van der Waals surface area contributed by atoms with Gasteiger partial charge >= 0.3 is 6.09 Å². The van der Waals surface area contributed by atoms with Crippen molar-refractivity contribution in [3.05, 3.63) is 28.9 Å². The van der Waals surface area contributed by atoms with Crippen molar-refractivity contribution in [3.8, 4) is 11.3 Å². The van der Waals surface area contributed by atoms with Gasteiger partial charge in [0.05, 0.1) is 22.2 Å². The molecule has 0 saturated heterocycles. The molecule has 0 bridgehead atoms. The van der Waals surface area contributed by atoms with E-state index < -0.39 is 21.5 Å². The fraction of sp³-hybridized carbons (Fsp3) is 0.412. The molecule has 0 radical (unpaired) electrons. The van der Waals surface area contributed by atoms with Crippen molar-refractivity contribution in [2.45, 2.75) is 49.6 Å². The Morgan fingerprint density at radius 2 is 2.00 bits per heavy atom. The summed E-state index contributed by atoms with van der Waals surface area (Å²) in [5.41, 5.74) is 0.842. The van der Waals surface area contributed by atoms with Crippen LogP contribution in [0.25, 0.3) is 11.3 Å². The maximum absolute atomic E-state index is 12.8. The Labute approximate surface area is 157 Å². The van der Waals surface area contributed by atoms with Crippen LogP contribution in [0.4, 0.5) is 4.79 Å². The Hall–Kier alpha value is -2.06. The van der Waals surface area contributed by atoms with Crippen molar-refractivity contribution < 1.29 is 17.9 Å². The number of hydrogen-bond donors (Lipinski definition) is 1. The van der Waals surface area contributed by atoms with E-state index in [1.165, 1.54) is 0 Å². The molecule has 0 fully saturated rings. The summed E-state index contributed by atoms with van der Waals surface area (Å²) in [6.45, 7) is 7.62. The minimum atomic E-state index is -3.70. The molecule has 26 heavy (non-hydrogen) atoms. The summed E-state index contributed by atoms with van der Waals surface area (Å²) in [5.74, 6) is 0. The Morgan fingerprint density at radius 3 is 2.65 bits per heavy atom. The fourth-order valence-electron chi connectivity index (χ4n) is 2.89. The summed E-state index contributed by atoms with van der Waals surface area (Å²) < 4.78 is 32.4. The fourth-order valence-corrected chi connectivity index (χ4v) is 5.26. The standard InChI is InChI=1S/C17H20ClN3O4S/c1-10-14-13(11-6-5-7-12(18)15(11)26(14,23)24)20-21(10)9-8-19-16(22)25-17(2,3)4/h5-7H,8-9H2,1-4H3,(H,19,22). The molecule has 9 heteroatoms. The quantitative estimate of drug-likeness (QED) is 0.732. The number of rotatable bonds is 3. The van der Waals surface area contributed by atoms with E-state index in [0.29, 0.717) is 23.5 Å². The Morgan fingerprint density at radius 1 is 1.31 bits per heavy atom. The molecule has 0 atom stereocenters. The number of benzene rings is 1. The van der Waals surface area contributed by atoms with E-state index in [9.17, 15) is 13.2 Å². The third kappa shape index (κ3) is 3.19. The van der Waals surface area contributed by atoms with Crippen molar-refractivity contribution in [1.29, 1.82) is 0 Å². The molecule has 0 unspecified atom stereocenters. The van der Waals surface area contributed by atoms with E-state index in [0.717, 1.165) is 0 Å². The third-order valence-corrected chi connectivity index (χ3v) is 6.33. The van der Waals surface area contributed by atoms with Gasteiger partial charge in [-0.05, 0) is 33.8 Å². The highest BCUT2D eigenvalue weighted by atomic mass is 35.5. The summed E-state index contributed by atoms with van der Waals surface area (Å²) in [5, 5.41) is 7.26. The molecule has 0 aliphatic carbocycles. The number of alkyl carbamates (subject to hydrolysis) is 1. The number of hydrogen-bond acceptors (Lipinski definition) is 5. The number of nitrogens with zero attached hydrogens (tertiary/aromatic N) is 2. The summed E-state index contributed by atoms with van der Waals surface area (Å²) >= 11 is 6.09. The maximum atomic E-state index is 12.8. The second kappa shape index (κ2) is 6.28. The summed E-state index contributed by atoms with van der Waals surface area (Å²) in [4.78, 5) is 12.0. The van der Waals surface area contributed by atoms with E-state index in [1.54, 1.807) is 50.6 Å². The zero-order valence-corrected chi connectivity index (χ0v) is 16.5. The lowest BCUT2D eigenvalue weighted by Crippen LogP contribution is -2.34. The zero-order valence-electron chi connectivity index (χ0n) is 15.0. The molecule has 3 rings (SSSR count). The monoisotopic (exact) mass is 397 g/mol. The first-order valence-electron chi connectivity index (χ1n) is 8.10. The molecule has 7 nitrogen and oxygen atoms in total. The van der Waals surface area contributed by atoms with Gasteiger partial charge in [-0.3, -0.25) is 4.68 Å². The highest BCUT2D eigenvalue weighted by Gasteiger charge is 2.40. The van der Waals surface area contributed by atoms with E-state index in [4.69, 9.17) is 16.3 Å². The molecule has 2 aromatic rings. The van der Waals surface area contributed by atoms with Gasteiger partial charge in [-0.2, -0.15) is 5.10 Å². The van der Waals surface area contributed by atoms with E-state index in [2.05, 4.69) is 10.4 Å². The largest absolute Gasteiger partial charge is 0.444 e. The lowest BCUT2D eigenvalue weighted by molar-refractivity contribution is 0.0525. The number of carbonyl (C=O) groups excluding carboxylic acids is 1. The number of halogens is 1. The van der Waals surface area contributed by atoms with Crippen molar-refractivity contribution >= 4 is 27.5 Å². The average Bonchev–Trinajstić information content (AvgIpc) is 2.93. The Kier molecular flexibility index (Phi) is 4.52. The number of carbonyl (C=O) groups is 1. The first kappa shape index (κ1) is 18.7. The Balaban J connectivity index is 1.83. The highest BCUT2D eigenvalue weighted by molar-refractivity contribution is 7.92. The van der Waals surface area contributed by atoms with Crippen LogP contribution >= 0.6 is 11.6 Å². The van der Waals surface area contributed by atoms with Crippen molar-refractivity contribution in [2.75, 3.05) is 6.54 Å². The molecule has 1 aliphatic heterocycles. The van der Waals surface area contributed by atoms with Crippen LogP contribution in [0.3, 0.4) is 0 Å². The molecule has 0 spiro atoms. The van der Waals surface area contributed by atoms with Gasteiger partial charge in [0, 0.05) is 12.1 Å². The van der Waals surface area contributed by atoms with Gasteiger partial charge in [-0.15, -0.1) is 0 Å². The van der Waals surface area contributed by atoms with Gasteiger partial charge < -0.3 is 10.1 Å². The van der Waals surface area contributed by atoms with Crippen LogP contribution < -0.4 is 5.32 Å². The SMILES string of the molecule is Cc1c2c(nn1CCNC(=O)OC(C)(C)C)-c1cccc(Cl)c1S2(=O)=O. The van der Waals surface area contributed by atoms with Crippen LogP contribution in [-0.4, -0.2) is 36.4 Å². The second-order valence-electron chi connectivity index (χ2n) is 7.03. The number of fused-ring (bicyclic) bond motifs is 3. The van der Waals surface area contributed by atoms with Crippen LogP contribution in [0, 0.1) is 6.92 Å². The maximum Gasteiger partial charge on any atom is 0.407 e. The van der Waals surface area contributed by atoms with Gasteiger partial charge in [0.2, 0.25) is 9.84 Å². The molecule has 0 saturated carbocycles. The summed E-state index contributed by atoms with van der Waals surface area (Å²) in [6, 6.07) is 4.95. The predicted octanol–water partition coefficient (Wildman–Crippen LogP) is 3.18. The van der Waals surface area contributed by atoms with Crippen LogP contribution in [0.2, 0.25) is 5.02 Å². The van der Waals surface area contributed by atoms with Gasteiger partial charge in [-0.25, -0.2) is 13.2 Å².